The lowest BCUT2D eigenvalue weighted by molar-refractivity contribution is 0.162. The maximum Gasteiger partial charge on any atom is 0.130 e. The van der Waals surface area contributed by atoms with Crippen molar-refractivity contribution < 1.29 is 9.84 Å². The number of alkyl halides is 2. The molecule has 0 aliphatic heterocycles. The summed E-state index contributed by atoms with van der Waals surface area (Å²) in [6.07, 6.45) is 0. The summed E-state index contributed by atoms with van der Waals surface area (Å²) in [6.45, 7) is 5.50. The van der Waals surface area contributed by atoms with Gasteiger partial charge in [-0.25, -0.2) is 0 Å². The predicted octanol–water partition coefficient (Wildman–Crippen LogP) is 1.83. The summed E-state index contributed by atoms with van der Waals surface area (Å²) in [4.78, 5) is -0.616. The molecule has 0 saturated carbocycles. The molecular formula is C6H14Cl2O2. The second kappa shape index (κ2) is 12.2. The first-order chi connectivity index (χ1) is 4.68. The lowest BCUT2D eigenvalue weighted by atomic mass is 10.8. The molecule has 0 aromatic rings. The highest BCUT2D eigenvalue weighted by atomic mass is 35.5. The first-order valence-corrected chi connectivity index (χ1v) is 4.03. The molecule has 0 unspecified atom stereocenters. The van der Waals surface area contributed by atoms with Crippen LogP contribution in [0, 0.1) is 0 Å². The second-order valence-electron chi connectivity index (χ2n) is 1.36. The molecule has 0 aromatic carbocycles. The number of hydrogen-bond acceptors (Lipinski definition) is 2. The Morgan fingerprint density at radius 2 is 1.60 bits per heavy atom. The van der Waals surface area contributed by atoms with Crippen LogP contribution >= 0.6 is 23.2 Å². The quantitative estimate of drug-likeness (QED) is 0.686. The molecule has 0 bridgehead atoms. The zero-order valence-electron chi connectivity index (χ0n) is 6.31. The molecule has 0 radical (unpaired) electrons. The van der Waals surface area contributed by atoms with E-state index in [1.807, 2.05) is 13.8 Å². The van der Waals surface area contributed by atoms with E-state index in [-0.39, 0.29) is 6.61 Å². The first kappa shape index (κ1) is 13.1. The standard InChI is InChI=1S/C4H10O.C2H4Cl2O/c1-3-5-4-2;3-2(4)1-5/h3-4H2,1-2H3;2,5H,1H2. The Morgan fingerprint density at radius 1 is 1.30 bits per heavy atom. The third kappa shape index (κ3) is 23.6. The van der Waals surface area contributed by atoms with Crippen LogP contribution < -0.4 is 0 Å². The highest BCUT2D eigenvalue weighted by Gasteiger charge is 1.88. The normalized spacial score (nSPS) is 9.00. The molecule has 0 heterocycles. The van der Waals surface area contributed by atoms with Gasteiger partial charge in [0.2, 0.25) is 0 Å². The van der Waals surface area contributed by atoms with Gasteiger partial charge in [0, 0.05) is 13.2 Å². The zero-order valence-corrected chi connectivity index (χ0v) is 7.82. The SMILES string of the molecule is CCOCC.OCC(Cl)Cl. The van der Waals surface area contributed by atoms with Crippen LogP contribution in [0.4, 0.5) is 0 Å². The van der Waals surface area contributed by atoms with Crippen LogP contribution in [0.5, 0.6) is 0 Å². The number of aliphatic hydroxyl groups excluding tert-OH is 1. The molecule has 0 rings (SSSR count). The van der Waals surface area contributed by atoms with Crippen molar-refractivity contribution in [2.45, 2.75) is 18.7 Å². The fraction of sp³-hybridized carbons (Fsp3) is 1.00. The van der Waals surface area contributed by atoms with Crippen molar-refractivity contribution in [2.75, 3.05) is 19.8 Å². The van der Waals surface area contributed by atoms with Crippen LogP contribution in [-0.2, 0) is 4.74 Å². The smallest absolute Gasteiger partial charge is 0.130 e. The highest BCUT2D eigenvalue weighted by Crippen LogP contribution is 1.96. The molecule has 0 aliphatic carbocycles. The Hall–Kier alpha value is 0.500. The summed E-state index contributed by atoms with van der Waals surface area (Å²) in [6, 6.07) is 0. The van der Waals surface area contributed by atoms with Gasteiger partial charge in [0.15, 0.2) is 0 Å². The summed E-state index contributed by atoms with van der Waals surface area (Å²) < 4.78 is 4.83. The fourth-order valence-electron chi connectivity index (χ4n) is 0.204. The van der Waals surface area contributed by atoms with Crippen molar-refractivity contribution in [1.82, 2.24) is 0 Å². The van der Waals surface area contributed by atoms with Gasteiger partial charge in [-0.1, -0.05) is 0 Å². The van der Waals surface area contributed by atoms with Gasteiger partial charge in [0.1, 0.15) is 4.84 Å². The average molecular weight is 189 g/mol. The van der Waals surface area contributed by atoms with E-state index in [4.69, 9.17) is 33.0 Å². The van der Waals surface area contributed by atoms with Crippen LogP contribution in [0.1, 0.15) is 13.8 Å². The van der Waals surface area contributed by atoms with Crippen LogP contribution in [0.25, 0.3) is 0 Å². The number of halogens is 2. The Morgan fingerprint density at radius 3 is 1.60 bits per heavy atom. The summed E-state index contributed by atoms with van der Waals surface area (Å²) in [5.74, 6) is 0. The Kier molecular flexibility index (Phi) is 16.0. The van der Waals surface area contributed by atoms with E-state index >= 15 is 0 Å². The topological polar surface area (TPSA) is 29.5 Å². The summed E-state index contributed by atoms with van der Waals surface area (Å²) in [5, 5.41) is 7.88. The highest BCUT2D eigenvalue weighted by molar-refractivity contribution is 6.44. The Bertz CT molecular complexity index is 49.0. The van der Waals surface area contributed by atoms with E-state index in [2.05, 4.69) is 0 Å². The molecule has 1 N–H and O–H groups in total. The van der Waals surface area contributed by atoms with E-state index < -0.39 is 4.84 Å². The predicted molar refractivity (Wildman–Crippen MR) is 44.7 cm³/mol. The van der Waals surface area contributed by atoms with Crippen LogP contribution in [0.15, 0.2) is 0 Å². The third-order valence-corrected chi connectivity index (χ3v) is 0.822. The van der Waals surface area contributed by atoms with E-state index in [0.29, 0.717) is 0 Å². The van der Waals surface area contributed by atoms with Crippen molar-refractivity contribution in [3.63, 3.8) is 0 Å². The molecule has 0 fully saturated rings. The van der Waals surface area contributed by atoms with Crippen LogP contribution in [0.2, 0.25) is 0 Å². The van der Waals surface area contributed by atoms with Gasteiger partial charge < -0.3 is 9.84 Å². The van der Waals surface area contributed by atoms with Gasteiger partial charge in [-0.2, -0.15) is 0 Å². The molecule has 0 amide bonds. The van der Waals surface area contributed by atoms with Gasteiger partial charge in [0.05, 0.1) is 6.61 Å². The van der Waals surface area contributed by atoms with Gasteiger partial charge in [-0.05, 0) is 13.8 Å². The lowest BCUT2D eigenvalue weighted by Crippen LogP contribution is -1.90. The van der Waals surface area contributed by atoms with Crippen LogP contribution in [-0.4, -0.2) is 29.8 Å². The molecule has 0 spiro atoms. The minimum absolute atomic E-state index is 0.164. The zero-order chi connectivity index (χ0) is 8.41. The molecule has 0 saturated heterocycles. The molecule has 2 nitrogen and oxygen atoms in total. The van der Waals surface area contributed by atoms with Gasteiger partial charge in [-0.3, -0.25) is 0 Å². The minimum atomic E-state index is -0.616. The lowest BCUT2D eigenvalue weighted by Gasteiger charge is -1.86. The number of ether oxygens (including phenoxy) is 1. The summed E-state index contributed by atoms with van der Waals surface area (Å²) >= 11 is 9.96. The van der Waals surface area contributed by atoms with E-state index in [9.17, 15) is 0 Å². The molecule has 0 atom stereocenters. The monoisotopic (exact) mass is 188 g/mol. The molecule has 10 heavy (non-hydrogen) atoms. The second-order valence-corrected chi connectivity index (χ2v) is 2.63. The number of rotatable bonds is 3. The van der Waals surface area contributed by atoms with E-state index in [1.54, 1.807) is 0 Å². The van der Waals surface area contributed by atoms with Crippen molar-refractivity contribution in [1.29, 1.82) is 0 Å². The number of hydrogen-bond donors (Lipinski definition) is 1. The van der Waals surface area contributed by atoms with Gasteiger partial charge in [0.25, 0.3) is 0 Å². The summed E-state index contributed by atoms with van der Waals surface area (Å²) in [5.41, 5.74) is 0. The van der Waals surface area contributed by atoms with E-state index in [1.165, 1.54) is 0 Å². The maximum absolute atomic E-state index is 7.88. The van der Waals surface area contributed by atoms with Crippen molar-refractivity contribution in [3.05, 3.63) is 0 Å². The molecule has 4 heteroatoms. The largest absolute Gasteiger partial charge is 0.394 e. The molecule has 64 valence electrons. The van der Waals surface area contributed by atoms with Gasteiger partial charge in [-0.15, -0.1) is 23.2 Å². The Labute approximate surface area is 72.1 Å². The minimum Gasteiger partial charge on any atom is -0.394 e. The molecule has 0 aromatic heterocycles. The maximum atomic E-state index is 7.88. The van der Waals surface area contributed by atoms with Crippen molar-refractivity contribution >= 4 is 23.2 Å². The Balaban J connectivity index is 0. The molecular weight excluding hydrogens is 175 g/mol. The van der Waals surface area contributed by atoms with E-state index in [0.717, 1.165) is 13.2 Å². The average Bonchev–Trinajstić information content (AvgIpc) is 1.91. The van der Waals surface area contributed by atoms with Crippen LogP contribution in [0.3, 0.4) is 0 Å². The third-order valence-electron chi connectivity index (χ3n) is 0.546. The molecule has 0 aliphatic rings. The van der Waals surface area contributed by atoms with Crippen molar-refractivity contribution in [2.24, 2.45) is 0 Å². The first-order valence-electron chi connectivity index (χ1n) is 3.15. The fourth-order valence-corrected chi connectivity index (χ4v) is 0.204. The summed E-state index contributed by atoms with van der Waals surface area (Å²) in [7, 11) is 0. The van der Waals surface area contributed by atoms with Gasteiger partial charge >= 0.3 is 0 Å². The van der Waals surface area contributed by atoms with Crippen molar-refractivity contribution in [3.8, 4) is 0 Å². The number of aliphatic hydroxyl groups is 1.